The molecule has 0 aliphatic heterocycles. The fraction of sp³-hybridized carbons (Fsp3) is 0.231. The first-order valence-corrected chi connectivity index (χ1v) is 7.20. The Bertz CT molecular complexity index is 650. The highest BCUT2D eigenvalue weighted by atomic mass is 32.2. The summed E-state index contributed by atoms with van der Waals surface area (Å²) in [5.74, 6) is -5.05. The molecular weight excluding hydrogens is 300 g/mol. The molecule has 114 valence electrons. The number of benzene rings is 1. The molecule has 8 heteroatoms. The number of rotatable bonds is 7. The van der Waals surface area contributed by atoms with Crippen LogP contribution in [0.1, 0.15) is 17.9 Å². The van der Waals surface area contributed by atoms with E-state index in [0.29, 0.717) is 0 Å². The van der Waals surface area contributed by atoms with Gasteiger partial charge < -0.3 is 10.2 Å². The van der Waals surface area contributed by atoms with Crippen LogP contribution in [0, 0.1) is 0 Å². The number of carboxylic acids is 2. The summed E-state index contributed by atoms with van der Waals surface area (Å²) in [4.78, 5) is 22.5. The Morgan fingerprint density at radius 2 is 1.76 bits per heavy atom. The summed E-state index contributed by atoms with van der Waals surface area (Å²) in [6.45, 7) is 3.37. The number of carbonyl (C=O) groups is 2. The van der Waals surface area contributed by atoms with Crippen LogP contribution in [0.25, 0.3) is 0 Å². The number of allylic oxidation sites excluding steroid dienone is 1. The normalized spacial score (nSPS) is 15.7. The van der Waals surface area contributed by atoms with Crippen LogP contribution in [0.3, 0.4) is 0 Å². The van der Waals surface area contributed by atoms with Gasteiger partial charge in [0.15, 0.2) is 0 Å². The molecule has 0 saturated heterocycles. The molecule has 21 heavy (non-hydrogen) atoms. The van der Waals surface area contributed by atoms with Gasteiger partial charge in [0.25, 0.3) is 10.1 Å². The molecule has 7 nitrogen and oxygen atoms in total. The highest BCUT2D eigenvalue weighted by Crippen LogP contribution is 2.39. The Morgan fingerprint density at radius 3 is 2.10 bits per heavy atom. The first-order valence-electron chi connectivity index (χ1n) is 5.76. The van der Waals surface area contributed by atoms with E-state index in [-0.39, 0.29) is 5.56 Å². The third-order valence-corrected chi connectivity index (χ3v) is 4.63. The number of hydrogen-bond acceptors (Lipinski definition) is 4. The van der Waals surface area contributed by atoms with Gasteiger partial charge in [-0.15, -0.1) is 6.58 Å². The highest BCUT2D eigenvalue weighted by Gasteiger charge is 2.57. The van der Waals surface area contributed by atoms with Gasteiger partial charge in [-0.3, -0.25) is 14.1 Å². The predicted molar refractivity (Wildman–Crippen MR) is 73.5 cm³/mol. The monoisotopic (exact) mass is 314 g/mol. The van der Waals surface area contributed by atoms with Crippen LogP contribution in [0.15, 0.2) is 43.0 Å². The van der Waals surface area contributed by atoms with E-state index in [1.807, 2.05) is 0 Å². The van der Waals surface area contributed by atoms with Gasteiger partial charge in [-0.25, -0.2) is 0 Å². The molecule has 0 spiro atoms. The van der Waals surface area contributed by atoms with Gasteiger partial charge in [-0.2, -0.15) is 8.42 Å². The predicted octanol–water partition coefficient (Wildman–Crippen LogP) is 1.14. The van der Waals surface area contributed by atoms with Crippen molar-refractivity contribution in [2.24, 2.45) is 0 Å². The van der Waals surface area contributed by atoms with Gasteiger partial charge in [-0.1, -0.05) is 36.4 Å². The number of carboxylic acid groups (broad SMARTS) is 2. The first kappa shape index (κ1) is 16.9. The molecule has 2 unspecified atom stereocenters. The highest BCUT2D eigenvalue weighted by molar-refractivity contribution is 7.88. The van der Waals surface area contributed by atoms with Crippen LogP contribution >= 0.6 is 0 Å². The molecule has 0 aliphatic carbocycles. The van der Waals surface area contributed by atoms with Crippen molar-refractivity contribution in [3.05, 3.63) is 48.6 Å². The molecule has 0 amide bonds. The third kappa shape index (κ3) is 3.11. The lowest BCUT2D eigenvalue weighted by molar-refractivity contribution is -0.147. The molecule has 1 aromatic carbocycles. The lowest BCUT2D eigenvalue weighted by Crippen LogP contribution is -2.52. The van der Waals surface area contributed by atoms with Crippen LogP contribution in [0.2, 0.25) is 0 Å². The van der Waals surface area contributed by atoms with Crippen LogP contribution < -0.4 is 0 Å². The van der Waals surface area contributed by atoms with Crippen molar-refractivity contribution in [2.75, 3.05) is 0 Å². The minimum Gasteiger partial charge on any atom is -0.481 e. The molecule has 0 aliphatic rings. The quantitative estimate of drug-likeness (QED) is 0.508. The summed E-state index contributed by atoms with van der Waals surface area (Å²) in [5, 5.41) is 18.2. The van der Waals surface area contributed by atoms with E-state index in [4.69, 9.17) is 5.11 Å². The van der Waals surface area contributed by atoms with Crippen molar-refractivity contribution in [3.8, 4) is 0 Å². The lowest BCUT2D eigenvalue weighted by Gasteiger charge is -2.31. The second kappa shape index (κ2) is 6.06. The average molecular weight is 314 g/mol. The van der Waals surface area contributed by atoms with Crippen molar-refractivity contribution in [1.29, 1.82) is 0 Å². The fourth-order valence-electron chi connectivity index (χ4n) is 2.16. The molecule has 0 fully saturated rings. The molecule has 1 aromatic rings. The molecule has 0 aromatic heterocycles. The second-order valence-electron chi connectivity index (χ2n) is 4.36. The van der Waals surface area contributed by atoms with Gasteiger partial charge in [0, 0.05) is 5.92 Å². The number of aliphatic carboxylic acids is 2. The third-order valence-electron chi connectivity index (χ3n) is 3.13. The summed E-state index contributed by atoms with van der Waals surface area (Å²) >= 11 is 0. The Labute approximate surface area is 121 Å². The first-order chi connectivity index (χ1) is 9.66. The van der Waals surface area contributed by atoms with Crippen LogP contribution in [-0.2, 0) is 19.7 Å². The fourth-order valence-corrected chi connectivity index (χ4v) is 3.24. The second-order valence-corrected chi connectivity index (χ2v) is 6.04. The molecule has 3 N–H and O–H groups in total. The molecule has 2 atom stereocenters. The standard InChI is InChI=1S/C13H14O7S/c1-2-10(9-6-4-3-5-7-9)13(12(16)17,8-11(14)15)21(18,19)20/h2-7,10H,1,8H2,(H,14,15)(H,16,17)(H,18,19,20). The van der Waals surface area contributed by atoms with E-state index in [2.05, 4.69) is 6.58 Å². The van der Waals surface area contributed by atoms with Gasteiger partial charge in [0.05, 0.1) is 6.42 Å². The van der Waals surface area contributed by atoms with Gasteiger partial charge >= 0.3 is 11.9 Å². The average Bonchev–Trinajstić information content (AvgIpc) is 2.37. The van der Waals surface area contributed by atoms with E-state index < -0.39 is 39.1 Å². The van der Waals surface area contributed by atoms with Gasteiger partial charge in [0.2, 0.25) is 4.75 Å². The molecule has 1 rings (SSSR count). The van der Waals surface area contributed by atoms with E-state index in [0.717, 1.165) is 6.08 Å². The summed E-state index contributed by atoms with van der Waals surface area (Å²) in [5.41, 5.74) is 0.216. The zero-order chi connectivity index (χ0) is 16.3. The SMILES string of the molecule is C=CC(c1ccccc1)C(CC(=O)O)(C(=O)O)S(=O)(=O)O. The molecular formula is C13H14O7S. The Balaban J connectivity index is 3.65. The summed E-state index contributed by atoms with van der Waals surface area (Å²) in [7, 11) is -5.23. The Hall–Kier alpha value is -2.19. The summed E-state index contributed by atoms with van der Waals surface area (Å²) in [6, 6.07) is 7.54. The topological polar surface area (TPSA) is 129 Å². The Morgan fingerprint density at radius 1 is 1.24 bits per heavy atom. The summed E-state index contributed by atoms with van der Waals surface area (Å²) in [6.07, 6.45) is -0.299. The van der Waals surface area contributed by atoms with Crippen LogP contribution in [0.4, 0.5) is 0 Å². The zero-order valence-electron chi connectivity index (χ0n) is 10.8. The van der Waals surface area contributed by atoms with Crippen molar-refractivity contribution >= 4 is 22.1 Å². The maximum atomic E-state index is 11.7. The van der Waals surface area contributed by atoms with Crippen molar-refractivity contribution in [2.45, 2.75) is 17.1 Å². The summed E-state index contributed by atoms with van der Waals surface area (Å²) < 4.78 is 29.8. The van der Waals surface area contributed by atoms with Crippen molar-refractivity contribution < 1.29 is 32.8 Å². The maximum absolute atomic E-state index is 11.7. The van der Waals surface area contributed by atoms with Crippen LogP contribution in [0.5, 0.6) is 0 Å². The van der Waals surface area contributed by atoms with E-state index in [9.17, 15) is 27.7 Å². The largest absolute Gasteiger partial charge is 0.481 e. The Kier molecular flexibility index (Phi) is 4.87. The molecule has 0 heterocycles. The van der Waals surface area contributed by atoms with Crippen molar-refractivity contribution in [1.82, 2.24) is 0 Å². The molecule has 0 radical (unpaired) electrons. The number of hydrogen-bond donors (Lipinski definition) is 3. The smallest absolute Gasteiger partial charge is 0.329 e. The molecule has 0 saturated carbocycles. The maximum Gasteiger partial charge on any atom is 0.329 e. The van der Waals surface area contributed by atoms with Gasteiger partial charge in [0.1, 0.15) is 0 Å². The van der Waals surface area contributed by atoms with E-state index in [1.54, 1.807) is 6.07 Å². The van der Waals surface area contributed by atoms with Crippen molar-refractivity contribution in [3.63, 3.8) is 0 Å². The lowest BCUT2D eigenvalue weighted by atomic mass is 9.83. The minimum absolute atomic E-state index is 0.216. The minimum atomic E-state index is -5.23. The van der Waals surface area contributed by atoms with E-state index in [1.165, 1.54) is 24.3 Å². The molecule has 0 bridgehead atoms. The zero-order valence-corrected chi connectivity index (χ0v) is 11.7. The van der Waals surface area contributed by atoms with Crippen LogP contribution in [-0.4, -0.2) is 39.9 Å². The van der Waals surface area contributed by atoms with E-state index >= 15 is 0 Å². The van der Waals surface area contributed by atoms with Gasteiger partial charge in [-0.05, 0) is 5.56 Å².